The van der Waals surface area contributed by atoms with Crippen LogP contribution in [0.4, 0.5) is 28.9 Å². The minimum atomic E-state index is -4.47. The van der Waals surface area contributed by atoms with Crippen molar-refractivity contribution in [3.05, 3.63) is 59.4 Å². The van der Waals surface area contributed by atoms with Crippen molar-refractivity contribution in [2.24, 2.45) is 0 Å². The maximum absolute atomic E-state index is 14.2. The third-order valence-corrected chi connectivity index (χ3v) is 4.42. The van der Waals surface area contributed by atoms with E-state index < -0.39 is 23.5 Å². The van der Waals surface area contributed by atoms with Gasteiger partial charge in [-0.3, -0.25) is 4.79 Å². The summed E-state index contributed by atoms with van der Waals surface area (Å²) in [6, 6.07) is 8.77. The van der Waals surface area contributed by atoms with Gasteiger partial charge in [0.1, 0.15) is 5.82 Å². The highest BCUT2D eigenvalue weighted by atomic mass is 19.4. The number of benzene rings is 2. The monoisotopic (exact) mass is 396 g/mol. The van der Waals surface area contributed by atoms with Gasteiger partial charge in [0.15, 0.2) is 0 Å². The van der Waals surface area contributed by atoms with Crippen molar-refractivity contribution in [2.45, 2.75) is 31.5 Å². The summed E-state index contributed by atoms with van der Waals surface area (Å²) in [6.07, 6.45) is -2.73. The van der Waals surface area contributed by atoms with Crippen LogP contribution in [0.25, 0.3) is 0 Å². The van der Waals surface area contributed by atoms with E-state index in [4.69, 9.17) is 4.74 Å². The van der Waals surface area contributed by atoms with Crippen molar-refractivity contribution >= 4 is 17.3 Å². The van der Waals surface area contributed by atoms with Crippen LogP contribution >= 0.6 is 0 Å². The van der Waals surface area contributed by atoms with Crippen LogP contribution in [0, 0.1) is 5.82 Å². The number of rotatable bonds is 6. The van der Waals surface area contributed by atoms with Crippen LogP contribution in [0.5, 0.6) is 0 Å². The van der Waals surface area contributed by atoms with E-state index in [1.165, 1.54) is 30.3 Å². The number of halogens is 4. The van der Waals surface area contributed by atoms with Crippen LogP contribution in [0.3, 0.4) is 0 Å². The molecule has 1 atom stereocenters. The smallest absolute Gasteiger partial charge is 0.380 e. The summed E-state index contributed by atoms with van der Waals surface area (Å²) in [5, 5.41) is 5.48. The molecule has 2 N–H and O–H groups in total. The zero-order valence-corrected chi connectivity index (χ0v) is 15.0. The largest absolute Gasteiger partial charge is 0.416 e. The van der Waals surface area contributed by atoms with Gasteiger partial charge in [0.2, 0.25) is 5.91 Å². The number of ether oxygens (including phenoxy) is 1. The first kappa shape index (κ1) is 20.1. The Morgan fingerprint density at radius 1 is 1.18 bits per heavy atom. The molecule has 0 saturated carbocycles. The van der Waals surface area contributed by atoms with Crippen LogP contribution in [0.15, 0.2) is 42.5 Å². The van der Waals surface area contributed by atoms with E-state index in [9.17, 15) is 22.4 Å². The number of carbonyl (C=O) groups is 1. The molecule has 4 nitrogen and oxygen atoms in total. The molecule has 28 heavy (non-hydrogen) atoms. The molecular formula is C20H20F4N2O2. The van der Waals surface area contributed by atoms with E-state index in [1.54, 1.807) is 0 Å². The first-order chi connectivity index (χ1) is 13.3. The molecule has 0 radical (unpaired) electrons. The number of alkyl halides is 3. The predicted molar refractivity (Wildman–Crippen MR) is 97.6 cm³/mol. The first-order valence-electron chi connectivity index (χ1n) is 8.92. The molecule has 1 amide bonds. The molecule has 1 heterocycles. The van der Waals surface area contributed by atoms with Gasteiger partial charge in [0, 0.05) is 18.8 Å². The number of carbonyl (C=O) groups excluding carboxylic acids is 1. The summed E-state index contributed by atoms with van der Waals surface area (Å²) < 4.78 is 57.9. The van der Waals surface area contributed by atoms with E-state index in [0.717, 1.165) is 25.0 Å². The van der Waals surface area contributed by atoms with E-state index in [2.05, 4.69) is 10.6 Å². The van der Waals surface area contributed by atoms with E-state index in [1.807, 2.05) is 0 Å². The molecule has 0 aromatic heterocycles. The van der Waals surface area contributed by atoms with Gasteiger partial charge < -0.3 is 15.4 Å². The van der Waals surface area contributed by atoms with E-state index in [0.29, 0.717) is 18.8 Å². The molecule has 2 aromatic rings. The normalized spacial score (nSPS) is 16.8. The second kappa shape index (κ2) is 8.60. The summed E-state index contributed by atoms with van der Waals surface area (Å²) in [4.78, 5) is 12.1. The van der Waals surface area contributed by atoms with Crippen molar-refractivity contribution in [2.75, 3.05) is 23.8 Å². The van der Waals surface area contributed by atoms with Crippen LogP contribution in [0.2, 0.25) is 0 Å². The van der Waals surface area contributed by atoms with Crippen molar-refractivity contribution in [1.82, 2.24) is 0 Å². The van der Waals surface area contributed by atoms with Crippen LogP contribution in [0.1, 0.15) is 24.0 Å². The summed E-state index contributed by atoms with van der Waals surface area (Å²) >= 11 is 0. The molecule has 2 aromatic carbocycles. The van der Waals surface area contributed by atoms with Crippen LogP contribution < -0.4 is 10.6 Å². The van der Waals surface area contributed by atoms with Gasteiger partial charge in [0.05, 0.1) is 23.8 Å². The zero-order chi connectivity index (χ0) is 20.1. The van der Waals surface area contributed by atoms with Gasteiger partial charge in [0.25, 0.3) is 0 Å². The lowest BCUT2D eigenvalue weighted by molar-refractivity contribution is -0.137. The number of hydrogen-bond acceptors (Lipinski definition) is 3. The Labute approximate surface area is 159 Å². The van der Waals surface area contributed by atoms with Crippen molar-refractivity contribution in [3.63, 3.8) is 0 Å². The SMILES string of the molecule is O=C(Cc1cccc(C(F)(F)F)c1)Nc1ccc(NCC2CCCO2)c(F)c1. The fourth-order valence-electron chi connectivity index (χ4n) is 3.01. The Morgan fingerprint density at radius 2 is 2.00 bits per heavy atom. The second-order valence-corrected chi connectivity index (χ2v) is 6.63. The molecule has 1 aliphatic rings. The Bertz CT molecular complexity index is 833. The Morgan fingerprint density at radius 3 is 2.68 bits per heavy atom. The minimum Gasteiger partial charge on any atom is -0.380 e. The molecule has 1 aliphatic heterocycles. The average Bonchev–Trinajstić information content (AvgIpc) is 3.14. The van der Waals surface area contributed by atoms with Gasteiger partial charge in [-0.2, -0.15) is 13.2 Å². The highest BCUT2D eigenvalue weighted by molar-refractivity contribution is 5.92. The van der Waals surface area contributed by atoms with Crippen LogP contribution in [-0.4, -0.2) is 25.2 Å². The quantitative estimate of drug-likeness (QED) is 0.701. The standard InChI is InChI=1S/C20H20F4N2O2/c21-17-11-15(6-7-18(17)25-12-16-5-2-8-28-16)26-19(27)10-13-3-1-4-14(9-13)20(22,23)24/h1,3-4,6-7,9,11,16,25H,2,5,8,10,12H2,(H,26,27). The van der Waals surface area contributed by atoms with Crippen molar-refractivity contribution in [3.8, 4) is 0 Å². The molecule has 1 saturated heterocycles. The molecule has 8 heteroatoms. The molecule has 1 unspecified atom stereocenters. The van der Waals surface area contributed by atoms with Crippen LogP contribution in [-0.2, 0) is 22.1 Å². The molecular weight excluding hydrogens is 376 g/mol. The number of amides is 1. The number of hydrogen-bond donors (Lipinski definition) is 2. The molecule has 0 bridgehead atoms. The predicted octanol–water partition coefficient (Wildman–Crippen LogP) is 4.62. The third kappa shape index (κ3) is 5.45. The van der Waals surface area contributed by atoms with Crippen molar-refractivity contribution < 1.29 is 27.1 Å². The fourth-order valence-corrected chi connectivity index (χ4v) is 3.01. The van der Waals surface area contributed by atoms with Gasteiger partial charge in [-0.05, 0) is 42.7 Å². The highest BCUT2D eigenvalue weighted by Gasteiger charge is 2.30. The van der Waals surface area contributed by atoms with Gasteiger partial charge in [-0.1, -0.05) is 18.2 Å². The molecule has 0 aliphatic carbocycles. The highest BCUT2D eigenvalue weighted by Crippen LogP contribution is 2.29. The number of nitrogens with one attached hydrogen (secondary N) is 2. The van der Waals surface area contributed by atoms with Crippen molar-refractivity contribution in [1.29, 1.82) is 0 Å². The summed E-state index contributed by atoms with van der Waals surface area (Å²) in [5.74, 6) is -1.06. The molecule has 3 rings (SSSR count). The van der Waals surface area contributed by atoms with Gasteiger partial charge in [-0.25, -0.2) is 4.39 Å². The minimum absolute atomic E-state index is 0.0613. The molecule has 150 valence electrons. The van der Waals surface area contributed by atoms with Gasteiger partial charge >= 0.3 is 6.18 Å². The summed E-state index contributed by atoms with van der Waals surface area (Å²) in [5.41, 5.74) is -0.0586. The fraction of sp³-hybridized carbons (Fsp3) is 0.350. The topological polar surface area (TPSA) is 50.4 Å². The Hall–Kier alpha value is -2.61. The third-order valence-electron chi connectivity index (χ3n) is 4.42. The summed E-state index contributed by atoms with van der Waals surface area (Å²) in [6.45, 7) is 1.21. The van der Waals surface area contributed by atoms with E-state index >= 15 is 0 Å². The lowest BCUT2D eigenvalue weighted by atomic mass is 10.1. The zero-order valence-electron chi connectivity index (χ0n) is 15.0. The molecule has 0 spiro atoms. The second-order valence-electron chi connectivity index (χ2n) is 6.63. The lowest BCUT2D eigenvalue weighted by Gasteiger charge is -2.13. The Balaban J connectivity index is 1.57. The average molecular weight is 396 g/mol. The molecule has 1 fully saturated rings. The Kier molecular flexibility index (Phi) is 6.18. The maximum atomic E-state index is 14.2. The van der Waals surface area contributed by atoms with Gasteiger partial charge in [-0.15, -0.1) is 0 Å². The summed E-state index contributed by atoms with van der Waals surface area (Å²) in [7, 11) is 0. The first-order valence-corrected chi connectivity index (χ1v) is 8.92. The number of anilines is 2. The lowest BCUT2D eigenvalue weighted by Crippen LogP contribution is -2.19. The van der Waals surface area contributed by atoms with E-state index in [-0.39, 0.29) is 23.8 Å². The maximum Gasteiger partial charge on any atom is 0.416 e.